The van der Waals surface area contributed by atoms with E-state index < -0.39 is 0 Å². The number of benzene rings is 2. The number of anilines is 1. The van der Waals surface area contributed by atoms with Crippen LogP contribution in [0.4, 0.5) is 5.69 Å². The van der Waals surface area contributed by atoms with Crippen LogP contribution in [-0.2, 0) is 4.79 Å². The Kier molecular flexibility index (Phi) is 6.27. The third-order valence-corrected chi connectivity index (χ3v) is 4.70. The lowest BCUT2D eigenvalue weighted by Crippen LogP contribution is -2.47. The maximum Gasteiger partial charge on any atom is 0.253 e. The van der Waals surface area contributed by atoms with Crippen molar-refractivity contribution >= 4 is 35.2 Å². The van der Waals surface area contributed by atoms with Crippen molar-refractivity contribution in [2.24, 2.45) is 0 Å². The zero-order valence-electron chi connectivity index (χ0n) is 15.2. The molecule has 3 rings (SSSR count). The van der Waals surface area contributed by atoms with Crippen molar-refractivity contribution in [2.45, 2.75) is 0 Å². The fraction of sp³-hybridized carbons (Fsp3) is 0.238. The molecular weight excluding hydrogens is 362 g/mol. The second-order valence-corrected chi connectivity index (χ2v) is 6.99. The first-order valence-corrected chi connectivity index (χ1v) is 9.21. The van der Waals surface area contributed by atoms with Crippen LogP contribution < -0.4 is 5.32 Å². The fourth-order valence-electron chi connectivity index (χ4n) is 2.85. The van der Waals surface area contributed by atoms with Crippen LogP contribution in [0.25, 0.3) is 6.08 Å². The highest BCUT2D eigenvalue weighted by atomic mass is 35.5. The summed E-state index contributed by atoms with van der Waals surface area (Å²) >= 11 is 5.93. The summed E-state index contributed by atoms with van der Waals surface area (Å²) in [4.78, 5) is 28.7. The van der Waals surface area contributed by atoms with E-state index in [1.807, 2.05) is 17.0 Å². The number of rotatable bonds is 4. The molecule has 0 spiro atoms. The van der Waals surface area contributed by atoms with Gasteiger partial charge < -0.3 is 15.1 Å². The third kappa shape index (κ3) is 5.42. The molecule has 5 nitrogen and oxygen atoms in total. The lowest BCUT2D eigenvalue weighted by molar-refractivity contribution is -0.111. The number of hydrogen-bond acceptors (Lipinski definition) is 3. The second-order valence-electron chi connectivity index (χ2n) is 6.55. The summed E-state index contributed by atoms with van der Waals surface area (Å²) in [5.74, 6) is -0.213. The van der Waals surface area contributed by atoms with E-state index in [0.29, 0.717) is 16.3 Å². The van der Waals surface area contributed by atoms with Crippen LogP contribution in [0.2, 0.25) is 5.02 Å². The SMILES string of the molecule is CN1CCN(C(=O)c2ccc(NC(=O)/C=C/c3cccc(Cl)c3)cc2)CC1. The summed E-state index contributed by atoms with van der Waals surface area (Å²) in [5.41, 5.74) is 2.13. The standard InChI is InChI=1S/C21H22ClN3O2/c1-24-11-13-25(14-12-24)21(27)17-6-8-19(9-7-17)23-20(26)10-5-16-3-2-4-18(22)15-16/h2-10,15H,11-14H2,1H3,(H,23,26)/b10-5+. The Labute approximate surface area is 164 Å². The number of nitrogens with one attached hydrogen (secondary N) is 1. The van der Waals surface area contributed by atoms with Crippen LogP contribution in [0, 0.1) is 0 Å². The third-order valence-electron chi connectivity index (χ3n) is 4.47. The van der Waals surface area contributed by atoms with E-state index in [-0.39, 0.29) is 11.8 Å². The van der Waals surface area contributed by atoms with Crippen molar-refractivity contribution in [3.05, 3.63) is 70.8 Å². The van der Waals surface area contributed by atoms with Crippen molar-refractivity contribution in [1.29, 1.82) is 0 Å². The largest absolute Gasteiger partial charge is 0.336 e. The molecule has 0 unspecified atom stereocenters. The van der Waals surface area contributed by atoms with Crippen molar-refractivity contribution in [3.8, 4) is 0 Å². The minimum absolute atomic E-state index is 0.0295. The normalized spacial score (nSPS) is 15.1. The number of piperazine rings is 1. The van der Waals surface area contributed by atoms with Gasteiger partial charge in [0.2, 0.25) is 5.91 Å². The van der Waals surface area contributed by atoms with Crippen molar-refractivity contribution in [2.75, 3.05) is 38.5 Å². The first-order valence-electron chi connectivity index (χ1n) is 8.84. The molecule has 0 aliphatic carbocycles. The molecule has 2 aromatic carbocycles. The molecule has 1 heterocycles. The maximum atomic E-state index is 12.5. The highest BCUT2D eigenvalue weighted by Gasteiger charge is 2.20. The fourth-order valence-corrected chi connectivity index (χ4v) is 3.05. The Balaban J connectivity index is 1.57. The molecule has 27 heavy (non-hydrogen) atoms. The smallest absolute Gasteiger partial charge is 0.253 e. The summed E-state index contributed by atoms with van der Waals surface area (Å²) in [6.45, 7) is 3.25. The average Bonchev–Trinajstić information content (AvgIpc) is 2.67. The van der Waals surface area contributed by atoms with E-state index in [1.165, 1.54) is 6.08 Å². The summed E-state index contributed by atoms with van der Waals surface area (Å²) < 4.78 is 0. The first kappa shape index (κ1) is 19.1. The molecule has 6 heteroatoms. The molecule has 0 bridgehead atoms. The van der Waals surface area contributed by atoms with Gasteiger partial charge in [-0.2, -0.15) is 0 Å². The van der Waals surface area contributed by atoms with Crippen LogP contribution in [0.3, 0.4) is 0 Å². The van der Waals surface area contributed by atoms with Crippen molar-refractivity contribution in [1.82, 2.24) is 9.80 Å². The lowest BCUT2D eigenvalue weighted by Gasteiger charge is -2.32. The predicted octanol–water partition coefficient (Wildman–Crippen LogP) is 3.38. The summed E-state index contributed by atoms with van der Waals surface area (Å²) in [6.07, 6.45) is 3.15. The molecule has 2 amide bonds. The number of carbonyl (C=O) groups is 2. The number of halogens is 1. The van der Waals surface area contributed by atoms with Gasteiger partial charge in [-0.3, -0.25) is 9.59 Å². The quantitative estimate of drug-likeness (QED) is 0.823. The average molecular weight is 384 g/mol. The maximum absolute atomic E-state index is 12.5. The van der Waals surface area contributed by atoms with Gasteiger partial charge in [0.25, 0.3) is 5.91 Å². The van der Waals surface area contributed by atoms with Gasteiger partial charge in [0, 0.05) is 48.5 Å². The zero-order chi connectivity index (χ0) is 19.2. The number of hydrogen-bond donors (Lipinski definition) is 1. The summed E-state index contributed by atoms with van der Waals surface area (Å²) in [6, 6.07) is 14.2. The molecule has 1 aliphatic rings. The van der Waals surface area contributed by atoms with Gasteiger partial charge in [-0.15, -0.1) is 0 Å². The molecule has 0 atom stereocenters. The first-order chi connectivity index (χ1) is 13.0. The van der Waals surface area contributed by atoms with Gasteiger partial charge in [-0.25, -0.2) is 0 Å². The Bertz CT molecular complexity index is 841. The molecule has 140 valence electrons. The minimum Gasteiger partial charge on any atom is -0.336 e. The number of carbonyl (C=O) groups excluding carboxylic acids is 2. The number of nitrogens with zero attached hydrogens (tertiary/aromatic N) is 2. The Morgan fingerprint density at radius 3 is 2.41 bits per heavy atom. The van der Waals surface area contributed by atoms with E-state index in [1.54, 1.807) is 42.5 Å². The van der Waals surface area contributed by atoms with Gasteiger partial charge in [0.05, 0.1) is 0 Å². The van der Waals surface area contributed by atoms with Crippen LogP contribution in [-0.4, -0.2) is 54.8 Å². The summed E-state index contributed by atoms with van der Waals surface area (Å²) in [5, 5.41) is 3.41. The van der Waals surface area contributed by atoms with Gasteiger partial charge in [-0.05, 0) is 55.1 Å². The lowest BCUT2D eigenvalue weighted by atomic mass is 10.1. The molecule has 0 aromatic heterocycles. The zero-order valence-corrected chi connectivity index (χ0v) is 15.9. The van der Waals surface area contributed by atoms with Crippen LogP contribution in [0.5, 0.6) is 0 Å². The van der Waals surface area contributed by atoms with E-state index in [4.69, 9.17) is 11.6 Å². The Hall–Kier alpha value is -2.63. The molecule has 0 saturated carbocycles. The predicted molar refractivity (Wildman–Crippen MR) is 109 cm³/mol. The van der Waals surface area contributed by atoms with Gasteiger partial charge >= 0.3 is 0 Å². The molecular formula is C21H22ClN3O2. The summed E-state index contributed by atoms with van der Waals surface area (Å²) in [7, 11) is 2.06. The number of amides is 2. The van der Waals surface area contributed by atoms with Crippen molar-refractivity contribution < 1.29 is 9.59 Å². The molecule has 1 fully saturated rings. The Morgan fingerprint density at radius 1 is 1.04 bits per heavy atom. The van der Waals surface area contributed by atoms with Crippen LogP contribution in [0.1, 0.15) is 15.9 Å². The van der Waals surface area contributed by atoms with Gasteiger partial charge in [-0.1, -0.05) is 23.7 Å². The molecule has 1 saturated heterocycles. The highest BCUT2D eigenvalue weighted by Crippen LogP contribution is 2.14. The van der Waals surface area contributed by atoms with E-state index >= 15 is 0 Å². The molecule has 0 radical (unpaired) electrons. The van der Waals surface area contributed by atoms with Crippen LogP contribution >= 0.6 is 11.6 Å². The molecule has 2 aromatic rings. The molecule has 1 N–H and O–H groups in total. The van der Waals surface area contributed by atoms with Gasteiger partial charge in [0.15, 0.2) is 0 Å². The molecule has 1 aliphatic heterocycles. The minimum atomic E-state index is -0.242. The highest BCUT2D eigenvalue weighted by molar-refractivity contribution is 6.30. The van der Waals surface area contributed by atoms with Crippen LogP contribution in [0.15, 0.2) is 54.6 Å². The monoisotopic (exact) mass is 383 g/mol. The second kappa shape index (κ2) is 8.84. The Morgan fingerprint density at radius 2 is 1.74 bits per heavy atom. The van der Waals surface area contributed by atoms with E-state index in [2.05, 4.69) is 17.3 Å². The van der Waals surface area contributed by atoms with Crippen molar-refractivity contribution in [3.63, 3.8) is 0 Å². The topological polar surface area (TPSA) is 52.6 Å². The van der Waals surface area contributed by atoms with E-state index in [9.17, 15) is 9.59 Å². The van der Waals surface area contributed by atoms with E-state index in [0.717, 1.165) is 31.7 Å². The number of likely N-dealkylation sites (N-methyl/N-ethyl adjacent to an activating group) is 1. The van der Waals surface area contributed by atoms with Gasteiger partial charge in [0.1, 0.15) is 0 Å².